The molecule has 0 bridgehead atoms. The van der Waals surface area contributed by atoms with E-state index in [0.717, 1.165) is 0 Å². The summed E-state index contributed by atoms with van der Waals surface area (Å²) >= 11 is 0. The van der Waals surface area contributed by atoms with Crippen LogP contribution in [0.1, 0.15) is 28.4 Å². The van der Waals surface area contributed by atoms with E-state index in [0.29, 0.717) is 5.56 Å². The van der Waals surface area contributed by atoms with Crippen LogP contribution in [0.4, 0.5) is 0 Å². The Morgan fingerprint density at radius 2 is 1.54 bits per heavy atom. The van der Waals surface area contributed by atoms with E-state index in [1.807, 2.05) is 0 Å². The van der Waals surface area contributed by atoms with E-state index in [9.17, 15) is 19.5 Å². The quantitative estimate of drug-likeness (QED) is 0.809. The predicted molar refractivity (Wildman–Crippen MR) is 83.5 cm³/mol. The van der Waals surface area contributed by atoms with Gasteiger partial charge in [0.05, 0.1) is 14.2 Å². The second-order valence-corrected chi connectivity index (χ2v) is 5.18. The predicted octanol–water partition coefficient (Wildman–Crippen LogP) is 1.83. The number of Topliss-reactive ketones (excluding diaryl/α,β-unsaturated/α-hetero) is 2. The number of methoxy groups -OCH3 is 2. The van der Waals surface area contributed by atoms with Gasteiger partial charge in [-0.05, 0) is 25.5 Å². The number of hydrogen-bond donors (Lipinski definition) is 2. The van der Waals surface area contributed by atoms with Crippen LogP contribution in [0, 0.1) is 6.92 Å². The monoisotopic (exact) mass is 332 g/mol. The van der Waals surface area contributed by atoms with Crippen LogP contribution >= 0.6 is 0 Å². The highest BCUT2D eigenvalue weighted by Crippen LogP contribution is 2.39. The van der Waals surface area contributed by atoms with Gasteiger partial charge in [-0.2, -0.15) is 0 Å². The number of rotatable bonds is 4. The molecule has 0 heterocycles. The van der Waals surface area contributed by atoms with Gasteiger partial charge in [0.15, 0.2) is 0 Å². The number of ketones is 2. The Hall–Kier alpha value is -3.09. The molecule has 0 atom stereocenters. The first-order valence-corrected chi connectivity index (χ1v) is 6.95. The Morgan fingerprint density at radius 3 is 2.04 bits per heavy atom. The van der Waals surface area contributed by atoms with Gasteiger partial charge >= 0.3 is 5.97 Å². The maximum atomic E-state index is 12.7. The molecule has 1 aromatic rings. The van der Waals surface area contributed by atoms with Gasteiger partial charge in [-0.1, -0.05) is 6.07 Å². The Bertz CT molecular complexity index is 828. The minimum Gasteiger partial charge on any atom is -0.506 e. The fraction of sp³-hybridized carbons (Fsp3) is 0.235. The van der Waals surface area contributed by atoms with Crippen LogP contribution < -0.4 is 0 Å². The third-order valence-electron chi connectivity index (χ3n) is 3.84. The molecule has 2 rings (SSSR count). The fourth-order valence-corrected chi connectivity index (χ4v) is 2.63. The van der Waals surface area contributed by atoms with Gasteiger partial charge in [-0.25, -0.2) is 4.79 Å². The second kappa shape index (κ2) is 6.19. The number of carboxylic acids is 1. The van der Waals surface area contributed by atoms with Crippen molar-refractivity contribution in [2.75, 3.05) is 14.2 Å². The summed E-state index contributed by atoms with van der Waals surface area (Å²) in [5, 5.41) is 19.5. The number of carboxylic acid groups (broad SMARTS) is 1. The minimum atomic E-state index is -1.35. The smallest absolute Gasteiger partial charge is 0.339 e. The Labute approximate surface area is 137 Å². The molecule has 1 aromatic carbocycles. The molecular formula is C17H16O7. The van der Waals surface area contributed by atoms with Gasteiger partial charge in [-0.3, -0.25) is 9.59 Å². The van der Waals surface area contributed by atoms with E-state index in [-0.39, 0.29) is 33.8 Å². The molecule has 1 aliphatic carbocycles. The molecule has 0 aromatic heterocycles. The first kappa shape index (κ1) is 17.3. The lowest BCUT2D eigenvalue weighted by atomic mass is 9.85. The zero-order chi connectivity index (χ0) is 18.2. The first-order valence-electron chi connectivity index (χ1n) is 6.95. The van der Waals surface area contributed by atoms with Crippen molar-refractivity contribution >= 4 is 23.1 Å². The van der Waals surface area contributed by atoms with Gasteiger partial charge in [0.2, 0.25) is 23.1 Å². The molecule has 0 saturated heterocycles. The van der Waals surface area contributed by atoms with E-state index in [4.69, 9.17) is 14.6 Å². The van der Waals surface area contributed by atoms with E-state index >= 15 is 0 Å². The van der Waals surface area contributed by atoms with Crippen LogP contribution in [0.2, 0.25) is 0 Å². The van der Waals surface area contributed by atoms with Crippen molar-refractivity contribution in [1.82, 2.24) is 0 Å². The number of allylic oxidation sites excluding steroid dienone is 2. The molecule has 2 N–H and O–H groups in total. The molecule has 0 fully saturated rings. The average molecular weight is 332 g/mol. The van der Waals surface area contributed by atoms with Crippen LogP contribution in [0.15, 0.2) is 29.2 Å². The van der Waals surface area contributed by atoms with E-state index in [1.54, 1.807) is 6.92 Å². The number of carbonyl (C=O) groups excluding carboxylic acids is 2. The van der Waals surface area contributed by atoms with Crippen molar-refractivity contribution in [2.45, 2.75) is 13.8 Å². The number of carbonyl (C=O) groups is 3. The normalized spacial score (nSPS) is 15.0. The van der Waals surface area contributed by atoms with Gasteiger partial charge in [0, 0.05) is 16.7 Å². The van der Waals surface area contributed by atoms with Crippen molar-refractivity contribution in [3.63, 3.8) is 0 Å². The van der Waals surface area contributed by atoms with Crippen LogP contribution in [0.3, 0.4) is 0 Å². The second-order valence-electron chi connectivity index (χ2n) is 5.18. The highest BCUT2D eigenvalue weighted by Gasteiger charge is 2.37. The van der Waals surface area contributed by atoms with Crippen LogP contribution in [-0.2, 0) is 19.1 Å². The number of hydrogen-bond acceptors (Lipinski definition) is 6. The van der Waals surface area contributed by atoms with Crippen molar-refractivity contribution in [3.8, 4) is 5.75 Å². The Morgan fingerprint density at radius 1 is 1.00 bits per heavy atom. The zero-order valence-corrected chi connectivity index (χ0v) is 13.6. The summed E-state index contributed by atoms with van der Waals surface area (Å²) in [5.41, 5.74) is 0.0192. The number of aromatic carboxylic acids is 1. The molecule has 1 aliphatic rings. The minimum absolute atomic E-state index is 0.00421. The van der Waals surface area contributed by atoms with Crippen molar-refractivity contribution in [3.05, 3.63) is 45.9 Å². The summed E-state index contributed by atoms with van der Waals surface area (Å²) in [7, 11) is 2.46. The molecular weight excluding hydrogens is 316 g/mol. The molecule has 7 nitrogen and oxygen atoms in total. The molecule has 0 aliphatic heterocycles. The first-order chi connectivity index (χ1) is 11.3. The summed E-state index contributed by atoms with van der Waals surface area (Å²) < 4.78 is 9.93. The van der Waals surface area contributed by atoms with Crippen molar-refractivity contribution in [1.29, 1.82) is 0 Å². The van der Waals surface area contributed by atoms with Gasteiger partial charge in [0.25, 0.3) is 0 Å². The molecule has 0 amide bonds. The summed E-state index contributed by atoms with van der Waals surface area (Å²) in [6.45, 7) is 3.01. The van der Waals surface area contributed by atoms with E-state index in [2.05, 4.69) is 0 Å². The van der Waals surface area contributed by atoms with Crippen LogP contribution in [0.25, 0.3) is 5.57 Å². The number of ether oxygens (including phenoxy) is 2. The number of aryl methyl sites for hydroxylation is 1. The maximum Gasteiger partial charge on any atom is 0.339 e. The standard InChI is InChI=1S/C17H16O7/c1-7-5-6-9(17(21)22)13(19)10(7)11-8(2)12(18)15(23-3)16(24-4)14(11)20/h5-6,19H,1-4H3,(H,21,22). The van der Waals surface area contributed by atoms with Crippen molar-refractivity contribution < 1.29 is 34.1 Å². The zero-order valence-electron chi connectivity index (χ0n) is 13.6. The Kier molecular flexibility index (Phi) is 4.45. The highest BCUT2D eigenvalue weighted by atomic mass is 16.5. The number of phenols is 1. The summed E-state index contributed by atoms with van der Waals surface area (Å²) in [6, 6.07) is 2.69. The van der Waals surface area contributed by atoms with Crippen LogP contribution in [0.5, 0.6) is 5.75 Å². The lowest BCUT2D eigenvalue weighted by Crippen LogP contribution is -2.24. The summed E-state index contributed by atoms with van der Waals surface area (Å²) in [4.78, 5) is 36.4. The third kappa shape index (κ3) is 2.44. The molecule has 0 spiro atoms. The Balaban J connectivity index is 2.80. The molecule has 0 saturated carbocycles. The average Bonchev–Trinajstić information content (AvgIpc) is 2.53. The highest BCUT2D eigenvalue weighted by molar-refractivity contribution is 6.38. The van der Waals surface area contributed by atoms with Crippen molar-refractivity contribution in [2.24, 2.45) is 0 Å². The third-order valence-corrected chi connectivity index (χ3v) is 3.84. The largest absolute Gasteiger partial charge is 0.506 e. The maximum absolute atomic E-state index is 12.7. The van der Waals surface area contributed by atoms with Crippen LogP contribution in [-0.4, -0.2) is 42.0 Å². The van der Waals surface area contributed by atoms with Gasteiger partial charge in [-0.15, -0.1) is 0 Å². The molecule has 126 valence electrons. The number of aromatic hydroxyl groups is 1. The summed E-state index contributed by atoms with van der Waals surface area (Å²) in [6.07, 6.45) is 0. The lowest BCUT2D eigenvalue weighted by Gasteiger charge is -2.22. The molecule has 0 unspecified atom stereocenters. The van der Waals surface area contributed by atoms with E-state index < -0.39 is 23.3 Å². The topological polar surface area (TPSA) is 110 Å². The molecule has 24 heavy (non-hydrogen) atoms. The van der Waals surface area contributed by atoms with Gasteiger partial charge in [0.1, 0.15) is 11.3 Å². The SMILES string of the molecule is COC1=C(OC)C(=O)C(c2c(C)ccc(C(=O)O)c2O)=C(C)C1=O. The van der Waals surface area contributed by atoms with Gasteiger partial charge < -0.3 is 19.7 Å². The summed E-state index contributed by atoms with van der Waals surface area (Å²) in [5.74, 6) is -3.66. The fourth-order valence-electron chi connectivity index (χ4n) is 2.63. The number of benzene rings is 1. The molecule has 0 radical (unpaired) electrons. The van der Waals surface area contributed by atoms with E-state index in [1.165, 1.54) is 33.3 Å². The molecule has 7 heteroatoms. The lowest BCUT2D eigenvalue weighted by molar-refractivity contribution is -0.119.